The van der Waals surface area contributed by atoms with E-state index in [1.807, 2.05) is 0 Å². The van der Waals surface area contributed by atoms with Crippen molar-refractivity contribution in [3.63, 3.8) is 0 Å². The van der Waals surface area contributed by atoms with Gasteiger partial charge in [-0.05, 0) is 30.3 Å². The van der Waals surface area contributed by atoms with Crippen molar-refractivity contribution in [2.24, 2.45) is 0 Å². The summed E-state index contributed by atoms with van der Waals surface area (Å²) in [6.07, 6.45) is -3.06. The van der Waals surface area contributed by atoms with Gasteiger partial charge in [0, 0.05) is 11.9 Å². The quantitative estimate of drug-likeness (QED) is 0.794. The molecule has 0 aliphatic carbocycles. The number of urea groups is 1. The summed E-state index contributed by atoms with van der Waals surface area (Å²) in [5, 5.41) is 4.74. The van der Waals surface area contributed by atoms with Crippen LogP contribution >= 0.6 is 0 Å². The van der Waals surface area contributed by atoms with Gasteiger partial charge in [-0.3, -0.25) is 5.32 Å². The van der Waals surface area contributed by atoms with Gasteiger partial charge in [-0.15, -0.1) is 0 Å². The van der Waals surface area contributed by atoms with Crippen molar-refractivity contribution in [3.8, 4) is 0 Å². The van der Waals surface area contributed by atoms with Crippen LogP contribution in [0.25, 0.3) is 0 Å². The third-order valence-electron chi connectivity index (χ3n) is 2.39. The number of nitrogens with one attached hydrogen (secondary N) is 2. The number of halogens is 3. The Hall–Kier alpha value is -2.84. The molecule has 0 aliphatic rings. The fraction of sp³-hybridized carbons (Fsp3) is 0.0833. The van der Waals surface area contributed by atoms with Crippen LogP contribution < -0.4 is 16.4 Å². The molecule has 1 aromatic heterocycles. The van der Waals surface area contributed by atoms with Gasteiger partial charge in [0.15, 0.2) is 0 Å². The van der Waals surface area contributed by atoms with Crippen LogP contribution in [0, 0.1) is 0 Å². The van der Waals surface area contributed by atoms with Crippen LogP contribution in [0.3, 0.4) is 0 Å². The maximum atomic E-state index is 12.4. The van der Waals surface area contributed by atoms with E-state index in [1.54, 1.807) is 0 Å². The fourth-order valence-corrected chi connectivity index (χ4v) is 1.46. The van der Waals surface area contributed by atoms with E-state index in [1.165, 1.54) is 12.3 Å². The smallest absolute Gasteiger partial charge is 0.368 e. The maximum Gasteiger partial charge on any atom is 0.416 e. The second kappa shape index (κ2) is 5.65. The molecule has 0 bridgehead atoms. The molecule has 21 heavy (non-hydrogen) atoms. The molecular weight excluding hydrogens is 287 g/mol. The van der Waals surface area contributed by atoms with E-state index < -0.39 is 17.8 Å². The van der Waals surface area contributed by atoms with Gasteiger partial charge in [-0.25, -0.2) is 9.78 Å². The number of nitrogens with two attached hydrogens (primary N) is 1. The number of nitrogen functional groups attached to an aromatic ring is 1. The van der Waals surface area contributed by atoms with Crippen molar-refractivity contribution < 1.29 is 18.0 Å². The zero-order valence-corrected chi connectivity index (χ0v) is 10.5. The van der Waals surface area contributed by atoms with Gasteiger partial charge in [0.25, 0.3) is 0 Å². The van der Waals surface area contributed by atoms with E-state index in [0.29, 0.717) is 0 Å². The van der Waals surface area contributed by atoms with Crippen LogP contribution in [0.5, 0.6) is 0 Å². The molecular formula is C12H10F3N5O. The molecule has 110 valence electrons. The van der Waals surface area contributed by atoms with Gasteiger partial charge in [-0.1, -0.05) is 0 Å². The standard InChI is InChI=1S/C12H10F3N5O/c13-12(14,15)7-1-3-8(4-2-7)18-11(21)20-9-5-6-17-10(16)19-9/h1-6H,(H4,16,17,18,19,20,21). The summed E-state index contributed by atoms with van der Waals surface area (Å²) < 4.78 is 37.1. The molecule has 2 aromatic rings. The molecule has 1 aromatic carbocycles. The predicted molar refractivity (Wildman–Crippen MR) is 70.5 cm³/mol. The van der Waals surface area contributed by atoms with Gasteiger partial charge < -0.3 is 11.1 Å². The minimum atomic E-state index is -4.42. The minimum absolute atomic E-state index is 0.0117. The molecule has 1 heterocycles. The number of hydrogen-bond acceptors (Lipinski definition) is 4. The number of anilines is 3. The molecule has 0 radical (unpaired) electrons. The molecule has 6 nitrogen and oxygen atoms in total. The topological polar surface area (TPSA) is 92.9 Å². The zero-order chi connectivity index (χ0) is 15.5. The number of benzene rings is 1. The van der Waals surface area contributed by atoms with Crippen molar-refractivity contribution in [1.82, 2.24) is 9.97 Å². The maximum absolute atomic E-state index is 12.4. The Labute approximate surface area is 117 Å². The first kappa shape index (κ1) is 14.6. The Morgan fingerprint density at radius 2 is 1.76 bits per heavy atom. The largest absolute Gasteiger partial charge is 0.416 e. The number of carbonyl (C=O) groups excluding carboxylic acids is 1. The Balaban J connectivity index is 2.00. The SMILES string of the molecule is Nc1nccc(NC(=O)Nc2ccc(C(F)(F)F)cc2)n1. The third kappa shape index (κ3) is 4.06. The summed E-state index contributed by atoms with van der Waals surface area (Å²) >= 11 is 0. The highest BCUT2D eigenvalue weighted by molar-refractivity contribution is 5.99. The average Bonchev–Trinajstić information content (AvgIpc) is 2.38. The van der Waals surface area contributed by atoms with Gasteiger partial charge in [-0.2, -0.15) is 18.2 Å². The van der Waals surface area contributed by atoms with Gasteiger partial charge >= 0.3 is 12.2 Å². The first-order valence-electron chi connectivity index (χ1n) is 5.68. The Morgan fingerprint density at radius 1 is 1.10 bits per heavy atom. The number of carbonyl (C=O) groups is 1. The molecule has 2 amide bonds. The first-order valence-corrected chi connectivity index (χ1v) is 5.68. The van der Waals surface area contributed by atoms with Crippen LogP contribution in [0.1, 0.15) is 5.56 Å². The average molecular weight is 297 g/mol. The summed E-state index contributed by atoms with van der Waals surface area (Å²) in [4.78, 5) is 19.0. The van der Waals surface area contributed by atoms with E-state index in [0.717, 1.165) is 24.3 Å². The van der Waals surface area contributed by atoms with E-state index in [2.05, 4.69) is 20.6 Å². The van der Waals surface area contributed by atoms with Crippen molar-refractivity contribution >= 4 is 23.5 Å². The van der Waals surface area contributed by atoms with Crippen molar-refractivity contribution in [2.75, 3.05) is 16.4 Å². The number of alkyl halides is 3. The monoisotopic (exact) mass is 297 g/mol. The molecule has 9 heteroatoms. The molecule has 0 aliphatic heterocycles. The second-order valence-corrected chi connectivity index (χ2v) is 3.95. The Morgan fingerprint density at radius 3 is 2.33 bits per heavy atom. The van der Waals surface area contributed by atoms with Crippen LogP contribution in [0.15, 0.2) is 36.5 Å². The van der Waals surface area contributed by atoms with Crippen molar-refractivity contribution in [3.05, 3.63) is 42.1 Å². The first-order chi connectivity index (χ1) is 9.84. The molecule has 0 spiro atoms. The van der Waals surface area contributed by atoms with Crippen LogP contribution in [0.2, 0.25) is 0 Å². The van der Waals surface area contributed by atoms with E-state index in [4.69, 9.17) is 5.73 Å². The van der Waals surface area contributed by atoms with E-state index in [-0.39, 0.29) is 17.5 Å². The van der Waals surface area contributed by atoms with Crippen molar-refractivity contribution in [1.29, 1.82) is 0 Å². The summed E-state index contributed by atoms with van der Waals surface area (Å²) in [5.74, 6) is 0.161. The number of amides is 2. The number of rotatable bonds is 2. The molecule has 2 rings (SSSR count). The van der Waals surface area contributed by atoms with Crippen LogP contribution in [-0.4, -0.2) is 16.0 Å². The molecule has 0 unspecified atom stereocenters. The third-order valence-corrected chi connectivity index (χ3v) is 2.39. The summed E-state index contributed by atoms with van der Waals surface area (Å²) in [6, 6.07) is 4.81. The van der Waals surface area contributed by atoms with Crippen molar-refractivity contribution in [2.45, 2.75) is 6.18 Å². The lowest BCUT2D eigenvalue weighted by Crippen LogP contribution is -2.20. The normalized spacial score (nSPS) is 11.0. The second-order valence-electron chi connectivity index (χ2n) is 3.95. The number of nitrogens with zero attached hydrogens (tertiary/aromatic N) is 2. The molecule has 4 N–H and O–H groups in total. The zero-order valence-electron chi connectivity index (χ0n) is 10.5. The van der Waals surface area contributed by atoms with Gasteiger partial charge in [0.2, 0.25) is 5.95 Å². The summed E-state index contributed by atoms with van der Waals surface area (Å²) in [7, 11) is 0. The Kier molecular flexibility index (Phi) is 3.92. The highest BCUT2D eigenvalue weighted by Crippen LogP contribution is 2.29. The lowest BCUT2D eigenvalue weighted by molar-refractivity contribution is -0.137. The minimum Gasteiger partial charge on any atom is -0.368 e. The Bertz CT molecular complexity index is 642. The lowest BCUT2D eigenvalue weighted by atomic mass is 10.2. The predicted octanol–water partition coefficient (Wildman–Crippen LogP) is 2.72. The number of aromatic nitrogens is 2. The molecule has 0 atom stereocenters. The molecule has 0 saturated carbocycles. The van der Waals surface area contributed by atoms with E-state index in [9.17, 15) is 18.0 Å². The molecule has 0 fully saturated rings. The van der Waals surface area contributed by atoms with E-state index >= 15 is 0 Å². The van der Waals surface area contributed by atoms with Gasteiger partial charge in [0.1, 0.15) is 5.82 Å². The van der Waals surface area contributed by atoms with Crippen LogP contribution in [-0.2, 0) is 6.18 Å². The summed E-state index contributed by atoms with van der Waals surface area (Å²) in [5.41, 5.74) is 4.76. The highest BCUT2D eigenvalue weighted by atomic mass is 19.4. The highest BCUT2D eigenvalue weighted by Gasteiger charge is 2.29. The fourth-order valence-electron chi connectivity index (χ4n) is 1.46. The van der Waals surface area contributed by atoms with Crippen LogP contribution in [0.4, 0.5) is 35.4 Å². The number of hydrogen-bond donors (Lipinski definition) is 3. The molecule has 0 saturated heterocycles. The lowest BCUT2D eigenvalue weighted by Gasteiger charge is -2.09. The summed E-state index contributed by atoms with van der Waals surface area (Å²) in [6.45, 7) is 0. The van der Waals surface area contributed by atoms with Gasteiger partial charge in [0.05, 0.1) is 5.56 Å².